The van der Waals surface area contributed by atoms with E-state index in [1.165, 1.54) is 0 Å². The number of amides is 2. The van der Waals surface area contributed by atoms with Gasteiger partial charge in [-0.1, -0.05) is 0 Å². The highest BCUT2D eigenvalue weighted by atomic mass is 16.6. The molecule has 116 valence electrons. The van der Waals surface area contributed by atoms with Crippen LogP contribution in [0.25, 0.3) is 0 Å². The number of alkyl carbamates (subject to hydrolysis) is 1. The summed E-state index contributed by atoms with van der Waals surface area (Å²) in [6.07, 6.45) is -0.655. The number of nitrogens with zero attached hydrogens (tertiary/aromatic N) is 1. The van der Waals surface area contributed by atoms with Crippen LogP contribution in [0.2, 0.25) is 0 Å². The molecule has 7 nitrogen and oxygen atoms in total. The third kappa shape index (κ3) is 9.32. The van der Waals surface area contributed by atoms with Crippen molar-refractivity contribution in [3.05, 3.63) is 0 Å². The summed E-state index contributed by atoms with van der Waals surface area (Å²) in [6, 6.07) is -0.718. The number of likely N-dealkylation sites (N-methyl/N-ethyl adjacent to an activating group) is 1. The molecule has 0 aliphatic carbocycles. The Kier molecular flexibility index (Phi) is 7.20. The normalized spacial score (nSPS) is 12.8. The van der Waals surface area contributed by atoms with E-state index in [2.05, 4.69) is 10.6 Å². The molecule has 0 aromatic heterocycles. The van der Waals surface area contributed by atoms with Crippen molar-refractivity contribution in [1.29, 1.82) is 0 Å². The smallest absolute Gasteiger partial charge is 0.408 e. The number of hydrogen-bond donors (Lipinski definition) is 2. The minimum absolute atomic E-state index is 0.121. The first-order valence-electron chi connectivity index (χ1n) is 6.45. The average molecular weight is 287 g/mol. The minimum Gasteiger partial charge on any atom is -0.444 e. The molecule has 0 radical (unpaired) electrons. The van der Waals surface area contributed by atoms with Gasteiger partial charge in [0.25, 0.3) is 0 Å². The second-order valence-electron chi connectivity index (χ2n) is 5.85. The first-order chi connectivity index (χ1) is 9.01. The number of ketones is 1. The first-order valence-corrected chi connectivity index (χ1v) is 6.45. The summed E-state index contributed by atoms with van der Waals surface area (Å²) in [7, 11) is 3.52. The maximum absolute atomic E-state index is 11.7. The van der Waals surface area contributed by atoms with Gasteiger partial charge in [0.1, 0.15) is 5.60 Å². The Balaban J connectivity index is 4.10. The van der Waals surface area contributed by atoms with E-state index in [0.717, 1.165) is 0 Å². The van der Waals surface area contributed by atoms with Gasteiger partial charge in [-0.05, 0) is 41.8 Å². The van der Waals surface area contributed by atoms with Crippen molar-refractivity contribution >= 4 is 17.8 Å². The fourth-order valence-corrected chi connectivity index (χ4v) is 1.25. The molecule has 2 N–H and O–H groups in total. The molecule has 0 fully saturated rings. The van der Waals surface area contributed by atoms with E-state index < -0.39 is 17.7 Å². The second kappa shape index (κ2) is 7.84. The van der Waals surface area contributed by atoms with Crippen LogP contribution in [0.1, 0.15) is 27.7 Å². The minimum atomic E-state index is -0.718. The van der Waals surface area contributed by atoms with Crippen LogP contribution < -0.4 is 10.6 Å². The molecule has 0 spiro atoms. The van der Waals surface area contributed by atoms with Gasteiger partial charge in [-0.25, -0.2) is 4.79 Å². The standard InChI is InChI=1S/C13H25N3O4/c1-9(15-12(19)20-13(2,3)4)10(17)7-14-11(18)8-16(5)6/h9H,7-8H2,1-6H3,(H,14,18)(H,15,19)/t9-/m0/s1. The summed E-state index contributed by atoms with van der Waals surface area (Å²) in [5, 5.41) is 4.92. The third-order valence-corrected chi connectivity index (χ3v) is 2.14. The third-order valence-electron chi connectivity index (χ3n) is 2.14. The molecule has 0 unspecified atom stereocenters. The summed E-state index contributed by atoms with van der Waals surface area (Å²) in [5.41, 5.74) is -0.618. The molecule has 0 bridgehead atoms. The lowest BCUT2D eigenvalue weighted by Gasteiger charge is -2.21. The van der Waals surface area contributed by atoms with Gasteiger partial charge in [-0.3, -0.25) is 9.59 Å². The Labute approximate surface area is 120 Å². The van der Waals surface area contributed by atoms with Crippen molar-refractivity contribution in [1.82, 2.24) is 15.5 Å². The zero-order valence-corrected chi connectivity index (χ0v) is 13.1. The van der Waals surface area contributed by atoms with E-state index in [0.29, 0.717) is 0 Å². The van der Waals surface area contributed by atoms with Gasteiger partial charge in [0.2, 0.25) is 5.91 Å². The molecule has 0 aliphatic rings. The fourth-order valence-electron chi connectivity index (χ4n) is 1.25. The van der Waals surface area contributed by atoms with Crippen molar-refractivity contribution in [3.8, 4) is 0 Å². The van der Waals surface area contributed by atoms with E-state index in [1.807, 2.05) is 0 Å². The predicted octanol–water partition coefficient (Wildman–Crippen LogP) is 0.147. The van der Waals surface area contributed by atoms with E-state index >= 15 is 0 Å². The largest absolute Gasteiger partial charge is 0.444 e. The van der Waals surface area contributed by atoms with Crippen LogP contribution in [0.15, 0.2) is 0 Å². The molecule has 20 heavy (non-hydrogen) atoms. The van der Waals surface area contributed by atoms with Crippen molar-refractivity contribution in [2.75, 3.05) is 27.2 Å². The lowest BCUT2D eigenvalue weighted by Crippen LogP contribution is -2.46. The molecule has 1 atom stereocenters. The highest BCUT2D eigenvalue weighted by Gasteiger charge is 2.21. The number of carbonyl (C=O) groups excluding carboxylic acids is 3. The molecular weight excluding hydrogens is 262 g/mol. The Morgan fingerprint density at radius 2 is 1.75 bits per heavy atom. The zero-order chi connectivity index (χ0) is 15.9. The summed E-state index contributed by atoms with van der Waals surface area (Å²) in [5.74, 6) is -0.532. The Bertz CT molecular complexity index is 361. The Morgan fingerprint density at radius 1 is 1.20 bits per heavy atom. The van der Waals surface area contributed by atoms with Gasteiger partial charge in [0.15, 0.2) is 5.78 Å². The number of nitrogens with one attached hydrogen (secondary N) is 2. The van der Waals surface area contributed by atoms with Crippen molar-refractivity contribution in [3.63, 3.8) is 0 Å². The number of hydrogen-bond acceptors (Lipinski definition) is 5. The van der Waals surface area contributed by atoms with Gasteiger partial charge >= 0.3 is 6.09 Å². The number of rotatable bonds is 6. The van der Waals surface area contributed by atoms with E-state index in [-0.39, 0.29) is 24.8 Å². The summed E-state index contributed by atoms with van der Waals surface area (Å²) in [4.78, 5) is 36.3. The van der Waals surface area contributed by atoms with Crippen LogP contribution in [-0.4, -0.2) is 61.5 Å². The summed E-state index contributed by atoms with van der Waals surface area (Å²) >= 11 is 0. The second-order valence-corrected chi connectivity index (χ2v) is 5.85. The lowest BCUT2D eigenvalue weighted by atomic mass is 10.2. The Hall–Kier alpha value is -1.63. The number of carbonyl (C=O) groups is 3. The summed E-state index contributed by atoms with van der Waals surface area (Å²) < 4.78 is 5.04. The van der Waals surface area contributed by atoms with Crippen LogP contribution in [-0.2, 0) is 14.3 Å². The fraction of sp³-hybridized carbons (Fsp3) is 0.769. The van der Waals surface area contributed by atoms with Crippen LogP contribution in [0, 0.1) is 0 Å². The van der Waals surface area contributed by atoms with Gasteiger partial charge in [-0.15, -0.1) is 0 Å². The van der Waals surface area contributed by atoms with Gasteiger partial charge in [0.05, 0.1) is 19.1 Å². The molecule has 0 rings (SSSR count). The molecule has 2 amide bonds. The molecule has 0 aromatic carbocycles. The number of Topliss-reactive ketones (excluding diaryl/α,β-unsaturated/α-hetero) is 1. The first kappa shape index (κ1) is 18.4. The SMILES string of the molecule is C[C@H](NC(=O)OC(C)(C)C)C(=O)CNC(=O)CN(C)C. The Morgan fingerprint density at radius 3 is 2.20 bits per heavy atom. The van der Waals surface area contributed by atoms with Gasteiger partial charge in [-0.2, -0.15) is 0 Å². The molecule has 0 saturated heterocycles. The molecule has 0 aromatic rings. The molecule has 7 heteroatoms. The van der Waals surface area contributed by atoms with E-state index in [4.69, 9.17) is 4.74 Å². The molecular formula is C13H25N3O4. The van der Waals surface area contributed by atoms with Crippen molar-refractivity contribution in [2.24, 2.45) is 0 Å². The van der Waals surface area contributed by atoms with Gasteiger partial charge in [0, 0.05) is 0 Å². The van der Waals surface area contributed by atoms with Crippen LogP contribution in [0.3, 0.4) is 0 Å². The quantitative estimate of drug-likeness (QED) is 0.726. The predicted molar refractivity (Wildman–Crippen MR) is 75.4 cm³/mol. The van der Waals surface area contributed by atoms with Crippen molar-refractivity contribution < 1.29 is 19.1 Å². The number of ether oxygens (including phenoxy) is 1. The lowest BCUT2D eigenvalue weighted by molar-refractivity contribution is -0.126. The highest BCUT2D eigenvalue weighted by molar-refractivity contribution is 5.91. The zero-order valence-electron chi connectivity index (χ0n) is 13.1. The van der Waals surface area contributed by atoms with Gasteiger partial charge < -0.3 is 20.3 Å². The monoisotopic (exact) mass is 287 g/mol. The molecule has 0 aliphatic heterocycles. The summed E-state index contributed by atoms with van der Waals surface area (Å²) in [6.45, 7) is 6.84. The molecule has 0 saturated carbocycles. The maximum atomic E-state index is 11.7. The van der Waals surface area contributed by atoms with E-state index in [1.54, 1.807) is 46.7 Å². The van der Waals surface area contributed by atoms with Crippen LogP contribution in [0.5, 0.6) is 0 Å². The average Bonchev–Trinajstić information content (AvgIpc) is 2.21. The highest BCUT2D eigenvalue weighted by Crippen LogP contribution is 2.06. The van der Waals surface area contributed by atoms with Crippen LogP contribution in [0.4, 0.5) is 4.79 Å². The van der Waals surface area contributed by atoms with Crippen LogP contribution >= 0.6 is 0 Å². The maximum Gasteiger partial charge on any atom is 0.408 e. The topological polar surface area (TPSA) is 87.7 Å². The molecule has 0 heterocycles. The van der Waals surface area contributed by atoms with E-state index in [9.17, 15) is 14.4 Å². The van der Waals surface area contributed by atoms with Crippen molar-refractivity contribution in [2.45, 2.75) is 39.3 Å².